The third-order valence-corrected chi connectivity index (χ3v) is 4.49. The fraction of sp³-hybridized carbons (Fsp3) is 0.462. The van der Waals surface area contributed by atoms with Gasteiger partial charge in [-0.25, -0.2) is 13.1 Å². The van der Waals surface area contributed by atoms with Crippen LogP contribution < -0.4 is 10.0 Å². The predicted octanol–water partition coefficient (Wildman–Crippen LogP) is 1.40. The number of fused-ring (bicyclic) bond motifs is 1. The van der Waals surface area contributed by atoms with Gasteiger partial charge in [0.05, 0.1) is 5.69 Å². The highest BCUT2D eigenvalue weighted by Gasteiger charge is 2.28. The number of aryl methyl sites for hydroxylation is 2. The number of guanidine groups is 1. The number of rotatable bonds is 4. The number of aliphatic imine (C=N–C) groups is 1. The number of nitrogens with one attached hydrogen (secondary N) is 2. The second kappa shape index (κ2) is 5.80. The largest absolute Gasteiger partial charge is 0.385 e. The van der Waals surface area contributed by atoms with Crippen molar-refractivity contribution >= 4 is 21.7 Å². The van der Waals surface area contributed by atoms with E-state index < -0.39 is 10.0 Å². The molecule has 1 aromatic carbocycles. The molecule has 0 amide bonds. The highest BCUT2D eigenvalue weighted by Crippen LogP contribution is 2.29. The zero-order valence-corrected chi connectivity index (χ0v) is 12.7. The molecule has 0 aromatic heterocycles. The molecule has 1 aliphatic heterocycles. The summed E-state index contributed by atoms with van der Waals surface area (Å²) in [5.41, 5.74) is 2.30. The molecule has 0 fully saturated rings. The van der Waals surface area contributed by atoms with Crippen molar-refractivity contribution in [3.8, 4) is 0 Å². The lowest BCUT2D eigenvalue weighted by molar-refractivity contribution is 0.197. The van der Waals surface area contributed by atoms with Crippen molar-refractivity contribution in [2.75, 3.05) is 25.6 Å². The Hall–Kier alpha value is -1.60. The number of ether oxygens (including phenoxy) is 1. The van der Waals surface area contributed by atoms with Crippen LogP contribution in [0.4, 0.5) is 5.69 Å². The van der Waals surface area contributed by atoms with Crippen LogP contribution in [0.25, 0.3) is 0 Å². The third-order valence-electron chi connectivity index (χ3n) is 2.95. The molecule has 0 bridgehead atoms. The van der Waals surface area contributed by atoms with E-state index in [4.69, 9.17) is 4.74 Å². The smallest absolute Gasteiger partial charge is 0.266 e. The Bertz CT molecular complexity index is 639. The van der Waals surface area contributed by atoms with E-state index in [2.05, 4.69) is 15.0 Å². The van der Waals surface area contributed by atoms with Crippen molar-refractivity contribution in [3.63, 3.8) is 0 Å². The first-order valence-corrected chi connectivity index (χ1v) is 7.87. The second-order valence-corrected chi connectivity index (χ2v) is 6.38. The fourth-order valence-electron chi connectivity index (χ4n) is 2.21. The van der Waals surface area contributed by atoms with Gasteiger partial charge in [0, 0.05) is 20.3 Å². The fourth-order valence-corrected chi connectivity index (χ4v) is 3.56. The van der Waals surface area contributed by atoms with E-state index in [1.165, 1.54) is 0 Å². The Kier molecular flexibility index (Phi) is 4.29. The third kappa shape index (κ3) is 3.10. The first kappa shape index (κ1) is 14.8. The lowest BCUT2D eigenvalue weighted by Gasteiger charge is -2.23. The van der Waals surface area contributed by atoms with Crippen LogP contribution in [0.15, 0.2) is 22.0 Å². The highest BCUT2D eigenvalue weighted by molar-refractivity contribution is 7.90. The van der Waals surface area contributed by atoms with E-state index in [-0.39, 0.29) is 5.96 Å². The number of hydrogen-bond acceptors (Lipinski definition) is 4. The molecule has 0 radical (unpaired) electrons. The monoisotopic (exact) mass is 297 g/mol. The zero-order valence-electron chi connectivity index (χ0n) is 11.9. The molecule has 7 heteroatoms. The minimum absolute atomic E-state index is 0.263. The molecule has 6 nitrogen and oxygen atoms in total. The summed E-state index contributed by atoms with van der Waals surface area (Å²) in [6, 6.07) is 3.66. The molecule has 0 saturated heterocycles. The standard InChI is InChI=1S/C13H19N3O3S/c1-9-7-10(2)12-11(8-9)15-13(16-20(12,17)18)14-5-4-6-19-3/h7-8H,4-6H2,1-3H3,(H2,14,15,16). The number of methoxy groups -OCH3 is 1. The Balaban J connectivity index is 2.30. The van der Waals surface area contributed by atoms with Crippen molar-refractivity contribution < 1.29 is 13.2 Å². The van der Waals surface area contributed by atoms with Gasteiger partial charge in [-0.3, -0.25) is 4.99 Å². The lowest BCUT2D eigenvalue weighted by Crippen LogP contribution is -2.41. The molecule has 0 saturated carbocycles. The van der Waals surface area contributed by atoms with Crippen molar-refractivity contribution in [2.45, 2.75) is 25.2 Å². The number of sulfonamides is 1. The van der Waals surface area contributed by atoms with Crippen molar-refractivity contribution in [2.24, 2.45) is 4.99 Å². The molecule has 2 N–H and O–H groups in total. The van der Waals surface area contributed by atoms with E-state index in [1.807, 2.05) is 19.1 Å². The maximum absolute atomic E-state index is 12.2. The number of nitrogens with zero attached hydrogens (tertiary/aromatic N) is 1. The van der Waals surface area contributed by atoms with E-state index in [0.717, 1.165) is 17.5 Å². The van der Waals surface area contributed by atoms with Gasteiger partial charge in [0.15, 0.2) is 0 Å². The summed E-state index contributed by atoms with van der Waals surface area (Å²) in [7, 11) is -1.93. The quantitative estimate of drug-likeness (QED) is 0.823. The van der Waals surface area contributed by atoms with Gasteiger partial charge < -0.3 is 10.1 Å². The van der Waals surface area contributed by atoms with Gasteiger partial charge in [-0.2, -0.15) is 0 Å². The van der Waals surface area contributed by atoms with Crippen molar-refractivity contribution in [3.05, 3.63) is 23.3 Å². The van der Waals surface area contributed by atoms with Crippen LogP contribution in [-0.2, 0) is 14.8 Å². The molecule has 0 aliphatic carbocycles. The van der Waals surface area contributed by atoms with Gasteiger partial charge in [0.1, 0.15) is 4.90 Å². The number of anilines is 1. The summed E-state index contributed by atoms with van der Waals surface area (Å²) < 4.78 is 31.9. The summed E-state index contributed by atoms with van der Waals surface area (Å²) in [5, 5.41) is 3.03. The molecule has 20 heavy (non-hydrogen) atoms. The Morgan fingerprint density at radius 2 is 2.05 bits per heavy atom. The molecule has 110 valence electrons. The summed E-state index contributed by atoms with van der Waals surface area (Å²) >= 11 is 0. The number of hydrogen-bond donors (Lipinski definition) is 2. The molecule has 1 heterocycles. The summed E-state index contributed by atoms with van der Waals surface area (Å²) in [4.78, 5) is 4.50. The number of benzene rings is 1. The van der Waals surface area contributed by atoms with Crippen LogP contribution in [-0.4, -0.2) is 34.6 Å². The Morgan fingerprint density at radius 3 is 2.75 bits per heavy atom. The topological polar surface area (TPSA) is 79.8 Å². The summed E-state index contributed by atoms with van der Waals surface area (Å²) in [5.74, 6) is 0.263. The highest BCUT2D eigenvalue weighted by atomic mass is 32.2. The molecule has 0 spiro atoms. The lowest BCUT2D eigenvalue weighted by atomic mass is 10.1. The average Bonchev–Trinajstić information content (AvgIpc) is 2.32. The Labute approximate surface area is 119 Å². The first-order valence-electron chi connectivity index (χ1n) is 6.38. The van der Waals surface area contributed by atoms with Gasteiger partial charge >= 0.3 is 0 Å². The maximum atomic E-state index is 12.2. The maximum Gasteiger partial charge on any atom is 0.266 e. The minimum atomic E-state index is -3.56. The molecule has 2 rings (SSSR count). The van der Waals surface area contributed by atoms with Gasteiger partial charge in [-0.05, 0) is 37.5 Å². The summed E-state index contributed by atoms with van der Waals surface area (Å²) in [6.45, 7) is 4.81. The molecule has 1 aromatic rings. The summed E-state index contributed by atoms with van der Waals surface area (Å²) in [6.07, 6.45) is 0.739. The van der Waals surface area contributed by atoms with E-state index >= 15 is 0 Å². The zero-order chi connectivity index (χ0) is 14.8. The van der Waals surface area contributed by atoms with Gasteiger partial charge in [-0.15, -0.1) is 0 Å². The van der Waals surface area contributed by atoms with Gasteiger partial charge in [-0.1, -0.05) is 6.07 Å². The van der Waals surface area contributed by atoms with Crippen LogP contribution in [0.3, 0.4) is 0 Å². The minimum Gasteiger partial charge on any atom is -0.385 e. The molecule has 0 atom stereocenters. The van der Waals surface area contributed by atoms with Crippen LogP contribution in [0.2, 0.25) is 0 Å². The van der Waals surface area contributed by atoms with E-state index in [9.17, 15) is 8.42 Å². The van der Waals surface area contributed by atoms with Crippen molar-refractivity contribution in [1.82, 2.24) is 4.72 Å². The molecular weight excluding hydrogens is 278 g/mol. The van der Waals surface area contributed by atoms with Gasteiger partial charge in [0.2, 0.25) is 5.96 Å². The van der Waals surface area contributed by atoms with Crippen molar-refractivity contribution in [1.29, 1.82) is 0 Å². The van der Waals surface area contributed by atoms with Crippen LogP contribution in [0.5, 0.6) is 0 Å². The first-order chi connectivity index (χ1) is 9.44. The molecule has 1 aliphatic rings. The van der Waals surface area contributed by atoms with Crippen LogP contribution in [0.1, 0.15) is 17.5 Å². The Morgan fingerprint density at radius 1 is 1.30 bits per heavy atom. The normalized spacial score (nSPS) is 18.2. The SMILES string of the molecule is COCCCN=C1Nc2cc(C)cc(C)c2S(=O)(=O)N1. The van der Waals surface area contributed by atoms with Gasteiger partial charge in [0.25, 0.3) is 10.0 Å². The predicted molar refractivity (Wildman–Crippen MR) is 78.7 cm³/mol. The second-order valence-electron chi connectivity index (χ2n) is 4.77. The average molecular weight is 297 g/mol. The van der Waals surface area contributed by atoms with E-state index in [1.54, 1.807) is 14.0 Å². The van der Waals surface area contributed by atoms with Crippen LogP contribution >= 0.6 is 0 Å². The van der Waals surface area contributed by atoms with Crippen LogP contribution in [0, 0.1) is 13.8 Å². The molecular formula is C13H19N3O3S. The van der Waals surface area contributed by atoms with E-state index in [0.29, 0.717) is 23.7 Å². The molecule has 0 unspecified atom stereocenters.